The summed E-state index contributed by atoms with van der Waals surface area (Å²) in [5, 5.41) is 6.30. The van der Waals surface area contributed by atoms with E-state index in [1.807, 2.05) is 26.8 Å². The lowest BCUT2D eigenvalue weighted by atomic mass is 9.90. The van der Waals surface area contributed by atoms with E-state index in [1.165, 1.54) is 22.5 Å². The minimum Gasteiger partial charge on any atom is -0.444 e. The number of fused-ring (bicyclic) bond motifs is 2. The standard InChI is InChI=1S/C24H31N3O2/c1-24(2,3)29-23(28)26-19-10-11-22-17(15-19)7-6-13-27(22)14-12-18-16-25-21-9-5-4-8-20(18)21/h4-5,9-11,15-16,20,25H,6-8,12-14H2,1-3H3,(H,26,28). The van der Waals surface area contributed by atoms with Gasteiger partial charge in [0.2, 0.25) is 0 Å². The number of amides is 1. The third kappa shape index (κ3) is 4.66. The van der Waals surface area contributed by atoms with Crippen LogP contribution in [0.1, 0.15) is 45.6 Å². The predicted molar refractivity (Wildman–Crippen MR) is 118 cm³/mol. The van der Waals surface area contributed by atoms with Crippen molar-refractivity contribution in [1.82, 2.24) is 5.32 Å². The number of nitrogens with one attached hydrogen (secondary N) is 2. The number of anilines is 2. The largest absolute Gasteiger partial charge is 0.444 e. The van der Waals surface area contributed by atoms with Crippen LogP contribution in [-0.4, -0.2) is 24.8 Å². The van der Waals surface area contributed by atoms with Crippen molar-refractivity contribution in [2.24, 2.45) is 5.92 Å². The zero-order valence-corrected chi connectivity index (χ0v) is 17.6. The lowest BCUT2D eigenvalue weighted by molar-refractivity contribution is 0.0636. The number of aryl methyl sites for hydroxylation is 1. The highest BCUT2D eigenvalue weighted by atomic mass is 16.6. The van der Waals surface area contributed by atoms with Crippen molar-refractivity contribution in [3.63, 3.8) is 0 Å². The minimum absolute atomic E-state index is 0.406. The molecule has 29 heavy (non-hydrogen) atoms. The van der Waals surface area contributed by atoms with Crippen LogP contribution in [0.25, 0.3) is 0 Å². The van der Waals surface area contributed by atoms with Gasteiger partial charge in [0.05, 0.1) is 0 Å². The number of carbonyl (C=O) groups is 1. The molecule has 1 aliphatic carbocycles. The molecule has 0 radical (unpaired) electrons. The highest BCUT2D eigenvalue weighted by Crippen LogP contribution is 2.34. The summed E-state index contributed by atoms with van der Waals surface area (Å²) < 4.78 is 5.36. The van der Waals surface area contributed by atoms with Gasteiger partial charge in [0.1, 0.15) is 5.60 Å². The lowest BCUT2D eigenvalue weighted by Crippen LogP contribution is -2.31. The molecule has 3 aliphatic rings. The number of rotatable bonds is 4. The van der Waals surface area contributed by atoms with Crippen molar-refractivity contribution in [2.45, 2.75) is 52.1 Å². The Balaban J connectivity index is 1.39. The molecule has 1 aromatic carbocycles. The van der Waals surface area contributed by atoms with Gasteiger partial charge in [-0.2, -0.15) is 0 Å². The smallest absolute Gasteiger partial charge is 0.412 e. The second-order valence-corrected chi connectivity index (χ2v) is 9.01. The molecule has 0 bridgehead atoms. The maximum Gasteiger partial charge on any atom is 0.412 e. The van der Waals surface area contributed by atoms with Gasteiger partial charge in [0, 0.05) is 42.3 Å². The van der Waals surface area contributed by atoms with E-state index in [2.05, 4.69) is 52.1 Å². The molecule has 1 atom stereocenters. The molecule has 5 nitrogen and oxygen atoms in total. The summed E-state index contributed by atoms with van der Waals surface area (Å²) >= 11 is 0. The van der Waals surface area contributed by atoms with Gasteiger partial charge < -0.3 is 15.0 Å². The first kappa shape index (κ1) is 19.6. The van der Waals surface area contributed by atoms with Gasteiger partial charge in [-0.05, 0) is 81.9 Å². The van der Waals surface area contributed by atoms with E-state index < -0.39 is 11.7 Å². The predicted octanol–water partition coefficient (Wildman–Crippen LogP) is 5.12. The maximum absolute atomic E-state index is 12.1. The minimum atomic E-state index is -0.498. The molecule has 1 amide bonds. The highest BCUT2D eigenvalue weighted by molar-refractivity contribution is 5.85. The van der Waals surface area contributed by atoms with E-state index >= 15 is 0 Å². The molecule has 2 N–H and O–H groups in total. The number of ether oxygens (including phenoxy) is 1. The van der Waals surface area contributed by atoms with Crippen LogP contribution in [0.5, 0.6) is 0 Å². The van der Waals surface area contributed by atoms with Crippen LogP contribution >= 0.6 is 0 Å². The molecule has 0 aromatic heterocycles. The van der Waals surface area contributed by atoms with Crippen molar-refractivity contribution < 1.29 is 9.53 Å². The quantitative estimate of drug-likeness (QED) is 0.745. The van der Waals surface area contributed by atoms with Crippen LogP contribution in [0.15, 0.2) is 53.9 Å². The monoisotopic (exact) mass is 393 g/mol. The molecule has 2 aliphatic heterocycles. The van der Waals surface area contributed by atoms with Crippen LogP contribution in [0.3, 0.4) is 0 Å². The Bertz CT molecular complexity index is 877. The van der Waals surface area contributed by atoms with E-state index in [0.717, 1.165) is 44.5 Å². The Morgan fingerprint density at radius 3 is 3.03 bits per heavy atom. The van der Waals surface area contributed by atoms with Gasteiger partial charge in [-0.25, -0.2) is 4.79 Å². The molecule has 0 fully saturated rings. The van der Waals surface area contributed by atoms with Crippen LogP contribution in [0, 0.1) is 5.92 Å². The SMILES string of the molecule is CC(C)(C)OC(=O)Nc1ccc2c(c1)CCCN2CCC1=CNC2=CC=CCC12. The molecule has 5 heteroatoms. The number of hydrogen-bond acceptors (Lipinski definition) is 4. The Morgan fingerprint density at radius 1 is 1.34 bits per heavy atom. The average molecular weight is 394 g/mol. The number of allylic oxidation sites excluding steroid dienone is 4. The molecule has 0 saturated carbocycles. The molecular weight excluding hydrogens is 362 g/mol. The zero-order chi connectivity index (χ0) is 20.4. The normalized spacial score (nSPS) is 20.2. The molecule has 1 unspecified atom stereocenters. The van der Waals surface area contributed by atoms with Crippen LogP contribution in [-0.2, 0) is 11.2 Å². The fourth-order valence-corrected chi connectivity index (χ4v) is 4.32. The molecule has 0 spiro atoms. The fourth-order valence-electron chi connectivity index (χ4n) is 4.32. The van der Waals surface area contributed by atoms with Crippen LogP contribution < -0.4 is 15.5 Å². The van der Waals surface area contributed by atoms with Gasteiger partial charge in [-0.1, -0.05) is 12.2 Å². The number of hydrogen-bond donors (Lipinski definition) is 2. The van der Waals surface area contributed by atoms with E-state index in [-0.39, 0.29) is 0 Å². The van der Waals surface area contributed by atoms with Crippen LogP contribution in [0.2, 0.25) is 0 Å². The lowest BCUT2D eigenvalue weighted by Gasteiger charge is -2.32. The average Bonchev–Trinajstić information content (AvgIpc) is 3.07. The summed E-state index contributed by atoms with van der Waals surface area (Å²) in [7, 11) is 0. The van der Waals surface area contributed by atoms with Crippen molar-refractivity contribution in [3.05, 3.63) is 59.5 Å². The molecule has 0 saturated heterocycles. The zero-order valence-electron chi connectivity index (χ0n) is 17.6. The summed E-state index contributed by atoms with van der Waals surface area (Å²) in [5.41, 5.74) is 5.71. The van der Waals surface area contributed by atoms with Gasteiger partial charge in [-0.3, -0.25) is 5.32 Å². The Morgan fingerprint density at radius 2 is 2.21 bits per heavy atom. The number of benzene rings is 1. The Hall–Kier alpha value is -2.69. The maximum atomic E-state index is 12.1. The second kappa shape index (κ2) is 7.97. The van der Waals surface area contributed by atoms with E-state index in [1.54, 1.807) is 0 Å². The summed E-state index contributed by atoms with van der Waals surface area (Å²) in [6.45, 7) is 7.71. The Labute approximate surface area is 173 Å². The second-order valence-electron chi connectivity index (χ2n) is 9.01. The van der Waals surface area contributed by atoms with Crippen LogP contribution in [0.4, 0.5) is 16.2 Å². The summed E-state index contributed by atoms with van der Waals surface area (Å²) in [6.07, 6.45) is 12.7. The van der Waals surface area contributed by atoms with E-state index in [0.29, 0.717) is 5.92 Å². The molecule has 2 heterocycles. The Kier molecular flexibility index (Phi) is 5.39. The van der Waals surface area contributed by atoms with E-state index in [9.17, 15) is 4.79 Å². The van der Waals surface area contributed by atoms with E-state index in [4.69, 9.17) is 4.74 Å². The molecular formula is C24H31N3O2. The first-order chi connectivity index (χ1) is 13.9. The van der Waals surface area contributed by atoms with Crippen molar-refractivity contribution >= 4 is 17.5 Å². The van der Waals surface area contributed by atoms with Gasteiger partial charge in [0.25, 0.3) is 0 Å². The molecule has 154 valence electrons. The van der Waals surface area contributed by atoms with Gasteiger partial charge in [-0.15, -0.1) is 0 Å². The van der Waals surface area contributed by atoms with Crippen molar-refractivity contribution in [2.75, 3.05) is 23.3 Å². The van der Waals surface area contributed by atoms with Crippen molar-refractivity contribution in [1.29, 1.82) is 0 Å². The summed E-state index contributed by atoms with van der Waals surface area (Å²) in [6, 6.07) is 6.20. The summed E-state index contributed by atoms with van der Waals surface area (Å²) in [4.78, 5) is 14.5. The highest BCUT2D eigenvalue weighted by Gasteiger charge is 2.25. The topological polar surface area (TPSA) is 53.6 Å². The molecule has 4 rings (SSSR count). The molecule has 1 aromatic rings. The fraction of sp³-hybridized carbons (Fsp3) is 0.458. The van der Waals surface area contributed by atoms with Crippen molar-refractivity contribution in [3.8, 4) is 0 Å². The van der Waals surface area contributed by atoms with Gasteiger partial charge >= 0.3 is 6.09 Å². The summed E-state index contributed by atoms with van der Waals surface area (Å²) in [5.74, 6) is 0.532. The number of nitrogens with zero attached hydrogens (tertiary/aromatic N) is 1. The van der Waals surface area contributed by atoms with Gasteiger partial charge in [0.15, 0.2) is 0 Å². The third-order valence-corrected chi connectivity index (χ3v) is 5.64. The third-order valence-electron chi connectivity index (χ3n) is 5.64. The first-order valence-corrected chi connectivity index (χ1v) is 10.6. The first-order valence-electron chi connectivity index (χ1n) is 10.6. The number of carbonyl (C=O) groups excluding carboxylic acids is 1.